The van der Waals surface area contributed by atoms with Gasteiger partial charge in [0.2, 0.25) is 0 Å². The van der Waals surface area contributed by atoms with Gasteiger partial charge in [-0.1, -0.05) is 78.0 Å². The molecule has 0 unspecified atom stereocenters. The highest BCUT2D eigenvalue weighted by Gasteiger charge is 2.51. The summed E-state index contributed by atoms with van der Waals surface area (Å²) in [5.74, 6) is 0.158. The molecule has 14 nitrogen and oxygen atoms in total. The standard InChI is InChI=1S/C48H82O14/c1-15-33(51-9)31(7)43-46(60-43)39(49)27(3)19-17-21-29(5)41-35(53-11)25-37(55-13)48(62-41)58-24-23-57-45-36(54-12)26-38(56-14)59-42(45)30(6)22-18-20-28(4)40(50)47-44(61-47)32(8)34(16-2)52-10/h17-22,27-28,31-50H,15-16,23-26H2,1-14H3/b19-17+,20-18+,29-21+,30-22+/t27-,28-,31+,32+,33-,34-,35+,36-,37+,38+,39+,40+,41-,42-,43+,44+,45-,46+,47+,48+/m0/s1. The van der Waals surface area contributed by atoms with Crippen LogP contribution in [0, 0.1) is 23.7 Å². The topological polar surface area (TPSA) is 158 Å². The predicted molar refractivity (Wildman–Crippen MR) is 236 cm³/mol. The van der Waals surface area contributed by atoms with E-state index < -0.39 is 37.0 Å². The van der Waals surface area contributed by atoms with Crippen molar-refractivity contribution in [2.24, 2.45) is 23.7 Å². The lowest BCUT2D eigenvalue weighted by atomic mass is 9.91. The van der Waals surface area contributed by atoms with E-state index in [1.165, 1.54) is 0 Å². The predicted octanol–water partition coefficient (Wildman–Crippen LogP) is 5.97. The number of aliphatic hydroxyl groups is 2. The van der Waals surface area contributed by atoms with Crippen LogP contribution < -0.4 is 0 Å². The Morgan fingerprint density at radius 2 is 1.06 bits per heavy atom. The van der Waals surface area contributed by atoms with E-state index in [0.29, 0.717) is 12.8 Å². The van der Waals surface area contributed by atoms with E-state index in [9.17, 15) is 10.2 Å². The molecule has 0 saturated carbocycles. The molecule has 4 aliphatic heterocycles. The van der Waals surface area contributed by atoms with Crippen LogP contribution in [0.15, 0.2) is 47.6 Å². The van der Waals surface area contributed by atoms with Gasteiger partial charge in [-0.05, 0) is 37.8 Å². The van der Waals surface area contributed by atoms with Gasteiger partial charge in [0.25, 0.3) is 0 Å². The second-order valence-electron chi connectivity index (χ2n) is 17.7. The fraction of sp³-hybridized carbons (Fsp3) is 0.833. The molecule has 4 saturated heterocycles. The zero-order chi connectivity index (χ0) is 45.7. The van der Waals surface area contributed by atoms with Crippen LogP contribution in [0.25, 0.3) is 0 Å². The quantitative estimate of drug-likeness (QED) is 0.0566. The van der Waals surface area contributed by atoms with Crippen LogP contribution in [0.5, 0.6) is 0 Å². The molecular formula is C48H82O14. The molecule has 4 rings (SSSR count). The molecule has 0 aromatic carbocycles. The Morgan fingerprint density at radius 1 is 0.581 bits per heavy atom. The molecule has 0 aromatic heterocycles. The summed E-state index contributed by atoms with van der Waals surface area (Å²) >= 11 is 0. The third-order valence-electron chi connectivity index (χ3n) is 13.6. The van der Waals surface area contributed by atoms with Gasteiger partial charge in [0.1, 0.15) is 36.6 Å². The summed E-state index contributed by atoms with van der Waals surface area (Å²) in [5.41, 5.74) is 1.88. The van der Waals surface area contributed by atoms with Gasteiger partial charge in [0.05, 0.1) is 62.0 Å². The van der Waals surface area contributed by atoms with Gasteiger partial charge in [-0.25, -0.2) is 0 Å². The maximum atomic E-state index is 11.1. The zero-order valence-electron chi connectivity index (χ0n) is 40.0. The summed E-state index contributed by atoms with van der Waals surface area (Å²) in [6.45, 7) is 16.9. The van der Waals surface area contributed by atoms with Gasteiger partial charge in [-0.15, -0.1) is 0 Å². The van der Waals surface area contributed by atoms with Crippen molar-refractivity contribution in [3.63, 3.8) is 0 Å². The molecule has 4 aliphatic rings. The Hall–Kier alpha value is -1.60. The van der Waals surface area contributed by atoms with Gasteiger partial charge in [-0.3, -0.25) is 0 Å². The zero-order valence-corrected chi connectivity index (χ0v) is 40.0. The van der Waals surface area contributed by atoms with Crippen molar-refractivity contribution in [3.05, 3.63) is 47.6 Å². The lowest BCUT2D eigenvalue weighted by molar-refractivity contribution is -0.274. The van der Waals surface area contributed by atoms with E-state index >= 15 is 0 Å². The van der Waals surface area contributed by atoms with Crippen LogP contribution >= 0.6 is 0 Å². The van der Waals surface area contributed by atoms with Crippen molar-refractivity contribution < 1.29 is 67.1 Å². The molecule has 0 bridgehead atoms. The van der Waals surface area contributed by atoms with E-state index in [1.54, 1.807) is 42.7 Å². The SMILES string of the molecule is CC[C@H](OC)[C@@H](C)[C@H]1O[C@@H]1[C@H](O)[C@@H](C)/C=C/C=C(\C)[C@@H]1O[C@@H](OC)C[C@H](OC)[C@@H]1OCCO[C@@H]1O[C@@H](/C(C)=C/C=C/[C@H](C)[C@@H](O)[C@H]2O[C@@H]2[C@H](C)[C@H](CC)OC)[C@H](OC)C[C@H]1OC. The Balaban J connectivity index is 1.33. The average molecular weight is 883 g/mol. The molecule has 0 aliphatic carbocycles. The number of rotatable bonds is 27. The Bertz CT molecular complexity index is 1410. The maximum Gasteiger partial charge on any atom is 0.184 e. The molecule has 0 radical (unpaired) electrons. The molecule has 0 spiro atoms. The summed E-state index contributed by atoms with van der Waals surface area (Å²) in [4.78, 5) is 0. The van der Waals surface area contributed by atoms with E-state index in [1.807, 2.05) is 64.2 Å². The molecule has 20 atom stereocenters. The van der Waals surface area contributed by atoms with Crippen LogP contribution in [-0.4, -0.2) is 164 Å². The highest BCUT2D eigenvalue weighted by Crippen LogP contribution is 2.39. The van der Waals surface area contributed by atoms with Crippen LogP contribution in [0.1, 0.15) is 81.1 Å². The van der Waals surface area contributed by atoms with Crippen LogP contribution in [0.2, 0.25) is 0 Å². The summed E-state index contributed by atoms with van der Waals surface area (Å²) in [6, 6.07) is 0. The van der Waals surface area contributed by atoms with Gasteiger partial charge < -0.3 is 67.1 Å². The molecule has 62 heavy (non-hydrogen) atoms. The minimum atomic E-state index is -0.663. The fourth-order valence-corrected chi connectivity index (χ4v) is 9.24. The molecule has 4 heterocycles. The molecule has 358 valence electrons. The molecule has 0 amide bonds. The van der Waals surface area contributed by atoms with Crippen molar-refractivity contribution in [1.29, 1.82) is 0 Å². The van der Waals surface area contributed by atoms with E-state index in [-0.39, 0.29) is 97.9 Å². The van der Waals surface area contributed by atoms with E-state index in [4.69, 9.17) is 56.8 Å². The lowest BCUT2D eigenvalue weighted by Gasteiger charge is -2.41. The van der Waals surface area contributed by atoms with Crippen molar-refractivity contribution in [3.8, 4) is 0 Å². The number of ether oxygens (including phenoxy) is 12. The first-order valence-corrected chi connectivity index (χ1v) is 22.8. The van der Waals surface area contributed by atoms with Gasteiger partial charge in [-0.2, -0.15) is 0 Å². The van der Waals surface area contributed by atoms with Gasteiger partial charge in [0, 0.05) is 79.2 Å². The first kappa shape index (κ1) is 53.0. The second-order valence-corrected chi connectivity index (χ2v) is 17.7. The number of hydrogen-bond donors (Lipinski definition) is 2. The highest BCUT2D eigenvalue weighted by molar-refractivity contribution is 5.20. The minimum Gasteiger partial charge on any atom is -0.390 e. The Morgan fingerprint density at radius 3 is 1.52 bits per heavy atom. The molecule has 14 heteroatoms. The van der Waals surface area contributed by atoms with Crippen LogP contribution in [0.3, 0.4) is 0 Å². The van der Waals surface area contributed by atoms with E-state index in [0.717, 1.165) is 24.0 Å². The lowest BCUT2D eigenvalue weighted by Crippen LogP contribution is -2.52. The summed E-state index contributed by atoms with van der Waals surface area (Å²) in [5, 5.41) is 22.1. The third kappa shape index (κ3) is 14.0. The van der Waals surface area contributed by atoms with Crippen LogP contribution in [-0.2, 0) is 56.8 Å². The number of hydrogen-bond acceptors (Lipinski definition) is 14. The normalized spacial score (nSPS) is 36.0. The van der Waals surface area contributed by atoms with Crippen LogP contribution in [0.4, 0.5) is 0 Å². The largest absolute Gasteiger partial charge is 0.390 e. The monoisotopic (exact) mass is 883 g/mol. The van der Waals surface area contributed by atoms with Crippen molar-refractivity contribution in [2.75, 3.05) is 55.9 Å². The minimum absolute atomic E-state index is 0.00932. The third-order valence-corrected chi connectivity index (χ3v) is 13.6. The fourth-order valence-electron chi connectivity index (χ4n) is 9.24. The number of methoxy groups -OCH3 is 6. The van der Waals surface area contributed by atoms with Gasteiger partial charge in [0.15, 0.2) is 12.6 Å². The number of allylic oxidation sites excluding steroid dienone is 4. The maximum absolute atomic E-state index is 11.1. The van der Waals surface area contributed by atoms with Gasteiger partial charge >= 0.3 is 0 Å². The summed E-state index contributed by atoms with van der Waals surface area (Å²) < 4.78 is 72.0. The summed E-state index contributed by atoms with van der Waals surface area (Å²) in [6.07, 6.45) is 9.94. The van der Waals surface area contributed by atoms with Crippen molar-refractivity contribution >= 4 is 0 Å². The molecule has 2 N–H and O–H groups in total. The first-order valence-electron chi connectivity index (χ1n) is 22.8. The molecule has 0 aromatic rings. The smallest absolute Gasteiger partial charge is 0.184 e. The molecular weight excluding hydrogens is 801 g/mol. The Labute approximate surface area is 372 Å². The highest BCUT2D eigenvalue weighted by atomic mass is 16.7. The second kappa shape index (κ2) is 25.9. The summed E-state index contributed by atoms with van der Waals surface area (Å²) in [7, 11) is 10.1. The first-order chi connectivity index (χ1) is 29.7. The van der Waals surface area contributed by atoms with Crippen molar-refractivity contribution in [1.82, 2.24) is 0 Å². The molecule has 4 fully saturated rings. The van der Waals surface area contributed by atoms with E-state index in [2.05, 4.69) is 27.7 Å². The Kier molecular flexibility index (Phi) is 22.2. The number of epoxide rings is 2. The number of aliphatic hydroxyl groups excluding tert-OH is 2. The average Bonchev–Trinajstić information content (AvgIpc) is 4.23. The van der Waals surface area contributed by atoms with Crippen molar-refractivity contribution in [2.45, 2.75) is 179 Å².